The number of ether oxygens (including phenoxy) is 2. The third kappa shape index (κ3) is 4.58. The molecule has 128 valence electrons. The molecule has 0 bridgehead atoms. The summed E-state index contributed by atoms with van der Waals surface area (Å²) in [5.74, 6) is 1.71. The van der Waals surface area contributed by atoms with Crippen molar-refractivity contribution in [1.82, 2.24) is 0 Å². The van der Waals surface area contributed by atoms with E-state index >= 15 is 0 Å². The molecule has 0 heterocycles. The monoisotopic (exact) mass is 347 g/mol. The molecule has 0 aliphatic carbocycles. The maximum absolute atomic E-state index is 12.2. The van der Waals surface area contributed by atoms with Crippen molar-refractivity contribution in [1.29, 1.82) is 0 Å². The Kier molecular flexibility index (Phi) is 6.81. The first kappa shape index (κ1) is 18.0. The topological polar surface area (TPSA) is 55.8 Å². The van der Waals surface area contributed by atoms with Gasteiger partial charge in [-0.1, -0.05) is 18.2 Å². The molecule has 0 aliphatic rings. The summed E-state index contributed by atoms with van der Waals surface area (Å²) in [6.07, 6.45) is 1.38. The molecule has 1 unspecified atom stereocenters. The highest BCUT2D eigenvalue weighted by Gasteiger charge is 2.13. The van der Waals surface area contributed by atoms with Crippen molar-refractivity contribution in [3.8, 4) is 11.5 Å². The lowest BCUT2D eigenvalue weighted by atomic mass is 10.2. The first-order chi connectivity index (χ1) is 11.7. The van der Waals surface area contributed by atoms with Gasteiger partial charge in [0, 0.05) is 23.3 Å². The molecule has 0 aliphatic heterocycles. The number of hydrogen-bond donors (Lipinski definition) is 0. The number of hydrogen-bond acceptors (Lipinski definition) is 4. The van der Waals surface area contributed by atoms with Gasteiger partial charge in [0.2, 0.25) is 6.41 Å². The van der Waals surface area contributed by atoms with Gasteiger partial charge in [0.15, 0.2) is 0 Å². The van der Waals surface area contributed by atoms with Crippen LogP contribution in [0.5, 0.6) is 11.5 Å². The van der Waals surface area contributed by atoms with Gasteiger partial charge in [0.25, 0.3) is 0 Å². The highest BCUT2D eigenvalue weighted by Crippen LogP contribution is 2.31. The lowest BCUT2D eigenvalue weighted by molar-refractivity contribution is -0.107. The van der Waals surface area contributed by atoms with Gasteiger partial charge in [-0.2, -0.15) is 0 Å². The molecule has 5 nitrogen and oxygen atoms in total. The summed E-state index contributed by atoms with van der Waals surface area (Å²) < 4.78 is 22.7. The zero-order valence-corrected chi connectivity index (χ0v) is 14.6. The fourth-order valence-electron chi connectivity index (χ4n) is 2.31. The highest BCUT2D eigenvalue weighted by molar-refractivity contribution is 7.85. The molecule has 0 spiro atoms. The number of rotatable bonds is 9. The average molecular weight is 347 g/mol. The second kappa shape index (κ2) is 9.08. The molecular formula is C18H21NO4S. The molecule has 0 fully saturated rings. The van der Waals surface area contributed by atoms with Crippen LogP contribution in [0.2, 0.25) is 0 Å². The SMILES string of the molecule is COc1ccc(N(C=O)CCCS(=O)c2ccccc2)c(OC)c1. The second-order valence-electron chi connectivity index (χ2n) is 5.05. The Morgan fingerprint density at radius 2 is 1.83 bits per heavy atom. The van der Waals surface area contributed by atoms with Crippen LogP contribution < -0.4 is 14.4 Å². The molecule has 0 N–H and O–H groups in total. The lowest BCUT2D eigenvalue weighted by Gasteiger charge is -2.20. The van der Waals surface area contributed by atoms with E-state index in [1.54, 1.807) is 37.3 Å². The molecule has 0 saturated carbocycles. The number of carbonyl (C=O) groups excluding carboxylic acids is 1. The van der Waals surface area contributed by atoms with E-state index in [0.717, 1.165) is 11.3 Å². The number of anilines is 1. The predicted octanol–water partition coefficient (Wildman–Crippen LogP) is 2.86. The van der Waals surface area contributed by atoms with Crippen LogP contribution in [0.4, 0.5) is 5.69 Å². The molecule has 0 saturated heterocycles. The number of methoxy groups -OCH3 is 2. The van der Waals surface area contributed by atoms with Crippen LogP contribution in [-0.4, -0.2) is 37.1 Å². The molecule has 2 rings (SSSR count). The van der Waals surface area contributed by atoms with E-state index in [4.69, 9.17) is 9.47 Å². The molecule has 1 amide bonds. The van der Waals surface area contributed by atoms with E-state index in [1.807, 2.05) is 30.3 Å². The summed E-state index contributed by atoms with van der Waals surface area (Å²) in [5.41, 5.74) is 0.666. The lowest BCUT2D eigenvalue weighted by Crippen LogP contribution is -2.24. The third-order valence-corrected chi connectivity index (χ3v) is 5.02. The standard InChI is InChI=1S/C18H21NO4S/c1-22-15-9-10-17(18(13-15)23-2)19(14-20)11-6-12-24(21)16-7-4-3-5-8-16/h3-5,7-10,13-14H,6,11-12H2,1-2H3. The highest BCUT2D eigenvalue weighted by atomic mass is 32.2. The van der Waals surface area contributed by atoms with Gasteiger partial charge < -0.3 is 14.4 Å². The maximum Gasteiger partial charge on any atom is 0.214 e. The molecule has 2 aromatic rings. The largest absolute Gasteiger partial charge is 0.497 e. The molecule has 0 aromatic heterocycles. The Labute approximate surface area is 144 Å². The van der Waals surface area contributed by atoms with Crippen LogP contribution in [0, 0.1) is 0 Å². The maximum atomic E-state index is 12.2. The van der Waals surface area contributed by atoms with E-state index in [1.165, 1.54) is 0 Å². The first-order valence-corrected chi connectivity index (χ1v) is 8.89. The average Bonchev–Trinajstić information content (AvgIpc) is 2.65. The quantitative estimate of drug-likeness (QED) is 0.655. The number of benzene rings is 2. The molecule has 6 heteroatoms. The Morgan fingerprint density at radius 3 is 2.46 bits per heavy atom. The zero-order chi connectivity index (χ0) is 17.4. The van der Waals surface area contributed by atoms with Crippen LogP contribution in [-0.2, 0) is 15.6 Å². The Morgan fingerprint density at radius 1 is 1.08 bits per heavy atom. The zero-order valence-electron chi connectivity index (χ0n) is 13.8. The van der Waals surface area contributed by atoms with Gasteiger partial charge in [-0.05, 0) is 30.7 Å². The van der Waals surface area contributed by atoms with Crippen LogP contribution >= 0.6 is 0 Å². The predicted molar refractivity (Wildman–Crippen MR) is 95.3 cm³/mol. The van der Waals surface area contributed by atoms with Crippen molar-refractivity contribution < 1.29 is 18.5 Å². The van der Waals surface area contributed by atoms with Crippen molar-refractivity contribution in [3.63, 3.8) is 0 Å². The van der Waals surface area contributed by atoms with E-state index in [9.17, 15) is 9.00 Å². The minimum Gasteiger partial charge on any atom is -0.497 e. The summed E-state index contributed by atoms with van der Waals surface area (Å²) >= 11 is 0. The van der Waals surface area contributed by atoms with Gasteiger partial charge in [0.1, 0.15) is 11.5 Å². The van der Waals surface area contributed by atoms with E-state index in [2.05, 4.69) is 0 Å². The van der Waals surface area contributed by atoms with Crippen molar-refractivity contribution in [2.24, 2.45) is 0 Å². The van der Waals surface area contributed by atoms with Crippen LogP contribution in [0.1, 0.15) is 6.42 Å². The fraction of sp³-hybridized carbons (Fsp3) is 0.278. The van der Waals surface area contributed by atoms with Crippen LogP contribution in [0.15, 0.2) is 53.4 Å². The molecular weight excluding hydrogens is 326 g/mol. The molecule has 24 heavy (non-hydrogen) atoms. The Bertz CT molecular complexity index is 691. The van der Waals surface area contributed by atoms with E-state index < -0.39 is 10.8 Å². The first-order valence-electron chi connectivity index (χ1n) is 7.57. The Balaban J connectivity index is 2.00. The minimum absolute atomic E-state index is 0.463. The van der Waals surface area contributed by atoms with Crippen molar-refractivity contribution >= 4 is 22.9 Å². The summed E-state index contributed by atoms with van der Waals surface area (Å²) in [5, 5.41) is 0. The van der Waals surface area contributed by atoms with Crippen molar-refractivity contribution in [3.05, 3.63) is 48.5 Å². The number of amides is 1. The second-order valence-corrected chi connectivity index (χ2v) is 6.62. The summed E-state index contributed by atoms with van der Waals surface area (Å²) in [4.78, 5) is 13.8. The van der Waals surface area contributed by atoms with Crippen LogP contribution in [0.25, 0.3) is 0 Å². The normalized spacial score (nSPS) is 11.6. The smallest absolute Gasteiger partial charge is 0.214 e. The number of carbonyl (C=O) groups is 1. The van der Waals surface area contributed by atoms with Gasteiger partial charge in [-0.3, -0.25) is 9.00 Å². The minimum atomic E-state index is -1.06. The van der Waals surface area contributed by atoms with E-state index in [-0.39, 0.29) is 0 Å². The van der Waals surface area contributed by atoms with Gasteiger partial charge >= 0.3 is 0 Å². The Hall–Kier alpha value is -2.34. The van der Waals surface area contributed by atoms with Crippen LogP contribution in [0.3, 0.4) is 0 Å². The summed E-state index contributed by atoms with van der Waals surface area (Å²) in [6.45, 7) is 0.463. The van der Waals surface area contributed by atoms with Crippen molar-refractivity contribution in [2.75, 3.05) is 31.4 Å². The third-order valence-electron chi connectivity index (χ3n) is 3.56. The fourth-order valence-corrected chi connectivity index (χ4v) is 3.40. The van der Waals surface area contributed by atoms with Gasteiger partial charge in [-0.15, -0.1) is 0 Å². The molecule has 0 radical (unpaired) electrons. The van der Waals surface area contributed by atoms with Crippen molar-refractivity contribution in [2.45, 2.75) is 11.3 Å². The van der Waals surface area contributed by atoms with Gasteiger partial charge in [0.05, 0.1) is 30.7 Å². The van der Waals surface area contributed by atoms with Gasteiger partial charge in [-0.25, -0.2) is 0 Å². The molecule has 1 atom stereocenters. The summed E-state index contributed by atoms with van der Waals surface area (Å²) in [7, 11) is 2.06. The number of nitrogens with zero attached hydrogens (tertiary/aromatic N) is 1. The van der Waals surface area contributed by atoms with E-state index in [0.29, 0.717) is 35.9 Å². The summed E-state index contributed by atoms with van der Waals surface area (Å²) in [6, 6.07) is 14.6. The molecule has 2 aromatic carbocycles.